The minimum Gasteiger partial charge on any atom is -0.398 e. The van der Waals surface area contributed by atoms with Crippen molar-refractivity contribution < 1.29 is 9.90 Å². The van der Waals surface area contributed by atoms with Gasteiger partial charge in [-0.15, -0.1) is 0 Å². The van der Waals surface area contributed by atoms with Crippen LogP contribution in [-0.4, -0.2) is 17.5 Å². The zero-order valence-corrected chi connectivity index (χ0v) is 6.82. The summed E-state index contributed by atoms with van der Waals surface area (Å²) >= 11 is 0. The first-order chi connectivity index (χ1) is 6.19. The minimum atomic E-state index is -0.598. The Morgan fingerprint density at radius 2 is 2.31 bits per heavy atom. The maximum Gasteiger partial charge on any atom is 0.190 e. The van der Waals surface area contributed by atoms with E-state index in [-0.39, 0.29) is 11.3 Å². The Bertz CT molecular complexity index is 380. The molecule has 1 aromatic rings. The molecule has 0 heterocycles. The Morgan fingerprint density at radius 1 is 1.62 bits per heavy atom. The van der Waals surface area contributed by atoms with Crippen molar-refractivity contribution in [3.05, 3.63) is 29.3 Å². The number of Topliss-reactive ketones (excluding diaryl/α,β-unsaturated/α-hetero) is 1. The standard InChI is InChI=1S/C9H8N2O2/c10-4-6-1-2-8(11)7(3-6)9(13)5-12/h1-3,12H,5,11H2. The number of carbonyl (C=O) groups is 1. The summed E-state index contributed by atoms with van der Waals surface area (Å²) in [6, 6.07) is 6.24. The van der Waals surface area contributed by atoms with Crippen LogP contribution in [0.25, 0.3) is 0 Å². The first-order valence-corrected chi connectivity index (χ1v) is 3.62. The molecule has 0 unspecified atom stereocenters. The van der Waals surface area contributed by atoms with Gasteiger partial charge >= 0.3 is 0 Å². The number of anilines is 1. The molecule has 0 saturated heterocycles. The number of carbonyl (C=O) groups excluding carboxylic acids is 1. The average molecular weight is 176 g/mol. The number of hydrogen-bond donors (Lipinski definition) is 2. The zero-order chi connectivity index (χ0) is 9.84. The molecule has 0 fully saturated rings. The molecule has 0 amide bonds. The molecule has 0 radical (unpaired) electrons. The lowest BCUT2D eigenvalue weighted by Crippen LogP contribution is -2.08. The van der Waals surface area contributed by atoms with E-state index in [2.05, 4.69) is 0 Å². The van der Waals surface area contributed by atoms with Crippen LogP contribution in [0.4, 0.5) is 5.69 Å². The summed E-state index contributed by atoms with van der Waals surface area (Å²) < 4.78 is 0. The molecular weight excluding hydrogens is 168 g/mol. The molecule has 4 nitrogen and oxygen atoms in total. The van der Waals surface area contributed by atoms with E-state index in [1.54, 1.807) is 0 Å². The van der Waals surface area contributed by atoms with Gasteiger partial charge in [0.05, 0.1) is 11.6 Å². The smallest absolute Gasteiger partial charge is 0.190 e. The lowest BCUT2D eigenvalue weighted by Gasteiger charge is -2.01. The van der Waals surface area contributed by atoms with Gasteiger partial charge in [0.1, 0.15) is 6.61 Å². The van der Waals surface area contributed by atoms with Crippen LogP contribution >= 0.6 is 0 Å². The molecule has 0 atom stereocenters. The van der Waals surface area contributed by atoms with Gasteiger partial charge in [0.15, 0.2) is 5.78 Å². The van der Waals surface area contributed by atoms with Crippen molar-refractivity contribution in [1.29, 1.82) is 5.26 Å². The second-order valence-corrected chi connectivity index (χ2v) is 2.50. The summed E-state index contributed by atoms with van der Waals surface area (Å²) in [6.07, 6.45) is 0. The van der Waals surface area contributed by atoms with Crippen LogP contribution in [0.15, 0.2) is 18.2 Å². The average Bonchev–Trinajstić information content (AvgIpc) is 2.17. The van der Waals surface area contributed by atoms with E-state index >= 15 is 0 Å². The van der Waals surface area contributed by atoms with Crippen molar-refractivity contribution >= 4 is 11.5 Å². The van der Waals surface area contributed by atoms with Crippen LogP contribution in [0.1, 0.15) is 15.9 Å². The van der Waals surface area contributed by atoms with E-state index in [4.69, 9.17) is 16.1 Å². The second-order valence-electron chi connectivity index (χ2n) is 2.50. The number of hydrogen-bond acceptors (Lipinski definition) is 4. The third-order valence-electron chi connectivity index (χ3n) is 1.63. The number of nitrogen functional groups attached to an aromatic ring is 1. The molecule has 0 bridgehead atoms. The summed E-state index contributed by atoms with van der Waals surface area (Å²) in [4.78, 5) is 11.1. The molecule has 1 rings (SSSR count). The molecule has 13 heavy (non-hydrogen) atoms. The molecule has 1 aromatic carbocycles. The Hall–Kier alpha value is -1.86. The van der Waals surface area contributed by atoms with Crippen LogP contribution in [0.2, 0.25) is 0 Å². The fourth-order valence-corrected chi connectivity index (χ4v) is 0.952. The molecule has 0 saturated carbocycles. The first-order valence-electron chi connectivity index (χ1n) is 3.62. The number of ketones is 1. The molecule has 3 N–H and O–H groups in total. The van der Waals surface area contributed by atoms with E-state index in [1.807, 2.05) is 6.07 Å². The van der Waals surface area contributed by atoms with Gasteiger partial charge < -0.3 is 10.8 Å². The summed E-state index contributed by atoms with van der Waals surface area (Å²) in [6.45, 7) is -0.598. The van der Waals surface area contributed by atoms with Crippen LogP contribution in [0.3, 0.4) is 0 Å². The third kappa shape index (κ3) is 1.83. The topological polar surface area (TPSA) is 87.1 Å². The maximum atomic E-state index is 11.1. The Labute approximate surface area is 75.2 Å². The summed E-state index contributed by atoms with van der Waals surface area (Å²) in [7, 11) is 0. The fourth-order valence-electron chi connectivity index (χ4n) is 0.952. The van der Waals surface area contributed by atoms with Gasteiger partial charge in [-0.3, -0.25) is 4.79 Å². The molecule has 4 heteroatoms. The maximum absolute atomic E-state index is 11.1. The van der Waals surface area contributed by atoms with E-state index in [0.717, 1.165) is 0 Å². The highest BCUT2D eigenvalue weighted by Crippen LogP contribution is 2.13. The summed E-state index contributed by atoms with van der Waals surface area (Å²) in [5.74, 6) is -0.477. The van der Waals surface area contributed by atoms with E-state index < -0.39 is 12.4 Å². The van der Waals surface area contributed by atoms with E-state index in [1.165, 1.54) is 18.2 Å². The van der Waals surface area contributed by atoms with Crippen molar-refractivity contribution in [1.82, 2.24) is 0 Å². The van der Waals surface area contributed by atoms with Gasteiger partial charge in [0, 0.05) is 11.3 Å². The molecule has 0 aliphatic heterocycles. The molecule has 0 spiro atoms. The number of aliphatic hydroxyl groups is 1. The predicted octanol–water partition coefficient (Wildman–Crippen LogP) is 0.315. The summed E-state index contributed by atoms with van der Waals surface area (Å²) in [5, 5.41) is 17.1. The highest BCUT2D eigenvalue weighted by Gasteiger charge is 2.08. The van der Waals surface area contributed by atoms with Gasteiger partial charge in [-0.2, -0.15) is 5.26 Å². The predicted molar refractivity (Wildman–Crippen MR) is 47.0 cm³/mol. The second kappa shape index (κ2) is 3.70. The zero-order valence-electron chi connectivity index (χ0n) is 6.82. The summed E-state index contributed by atoms with van der Waals surface area (Å²) in [5.41, 5.74) is 6.30. The van der Waals surface area contributed by atoms with Crippen LogP contribution in [0, 0.1) is 11.3 Å². The minimum absolute atomic E-state index is 0.196. The highest BCUT2D eigenvalue weighted by molar-refractivity contribution is 6.01. The van der Waals surface area contributed by atoms with Crippen molar-refractivity contribution in [2.24, 2.45) is 0 Å². The van der Waals surface area contributed by atoms with Crippen molar-refractivity contribution in [2.45, 2.75) is 0 Å². The normalized spacial score (nSPS) is 9.23. The monoisotopic (exact) mass is 176 g/mol. The quantitative estimate of drug-likeness (QED) is 0.501. The number of nitrogens with zero attached hydrogens (tertiary/aromatic N) is 1. The Balaban J connectivity index is 3.20. The van der Waals surface area contributed by atoms with Crippen LogP contribution in [-0.2, 0) is 0 Å². The lowest BCUT2D eigenvalue weighted by atomic mass is 10.1. The van der Waals surface area contributed by atoms with Crippen LogP contribution < -0.4 is 5.73 Å². The van der Waals surface area contributed by atoms with Crippen LogP contribution in [0.5, 0.6) is 0 Å². The Kier molecular flexibility index (Phi) is 2.62. The lowest BCUT2D eigenvalue weighted by molar-refractivity contribution is 0.0904. The van der Waals surface area contributed by atoms with Gasteiger partial charge in [-0.25, -0.2) is 0 Å². The molecule has 0 aliphatic carbocycles. The molecule has 0 aromatic heterocycles. The molecular formula is C9H8N2O2. The third-order valence-corrected chi connectivity index (χ3v) is 1.63. The van der Waals surface area contributed by atoms with Crippen molar-refractivity contribution in [2.75, 3.05) is 12.3 Å². The molecule has 66 valence electrons. The van der Waals surface area contributed by atoms with E-state index in [0.29, 0.717) is 5.56 Å². The number of aliphatic hydroxyl groups excluding tert-OH is 1. The number of nitriles is 1. The van der Waals surface area contributed by atoms with Gasteiger partial charge in [-0.05, 0) is 18.2 Å². The fraction of sp³-hybridized carbons (Fsp3) is 0.111. The Morgan fingerprint density at radius 3 is 2.85 bits per heavy atom. The highest BCUT2D eigenvalue weighted by atomic mass is 16.3. The van der Waals surface area contributed by atoms with E-state index in [9.17, 15) is 4.79 Å². The molecule has 0 aliphatic rings. The number of benzene rings is 1. The van der Waals surface area contributed by atoms with Crippen molar-refractivity contribution in [3.63, 3.8) is 0 Å². The largest absolute Gasteiger partial charge is 0.398 e. The number of nitrogens with two attached hydrogens (primary N) is 1. The number of rotatable bonds is 2. The van der Waals surface area contributed by atoms with Gasteiger partial charge in [-0.1, -0.05) is 0 Å². The van der Waals surface area contributed by atoms with Gasteiger partial charge in [0.2, 0.25) is 0 Å². The van der Waals surface area contributed by atoms with Crippen molar-refractivity contribution in [3.8, 4) is 6.07 Å². The SMILES string of the molecule is N#Cc1ccc(N)c(C(=O)CO)c1. The van der Waals surface area contributed by atoms with Gasteiger partial charge in [0.25, 0.3) is 0 Å². The first kappa shape index (κ1) is 9.23.